The van der Waals surface area contributed by atoms with Gasteiger partial charge in [0, 0.05) is 6.61 Å². The average molecular weight is 357 g/mol. The number of aryl methyl sites for hydroxylation is 1. The molecule has 0 unspecified atom stereocenters. The minimum atomic E-state index is 0.0390. The standard InChI is InChI=1S/C23H32O3/c1-23-12-11-18-17-8-6-16(24)14-15(17)5-7-19(18)20(23)9-10-21(23)26-22-4-2-3-13-25-22/h6,8,14,18-22,24H,2-5,7,9-13H2,1H3/t18-,19-,20-,21-,22+,23-/m0/s1. The maximum Gasteiger partial charge on any atom is 0.157 e. The number of rotatable bonds is 2. The van der Waals surface area contributed by atoms with Crippen molar-refractivity contribution >= 4 is 0 Å². The van der Waals surface area contributed by atoms with Crippen LogP contribution in [0.3, 0.4) is 0 Å². The van der Waals surface area contributed by atoms with E-state index in [1.54, 1.807) is 0 Å². The van der Waals surface area contributed by atoms with Crippen LogP contribution in [0.4, 0.5) is 0 Å². The molecule has 5 rings (SSSR count). The molecule has 0 aromatic heterocycles. The number of hydrogen-bond donors (Lipinski definition) is 1. The molecule has 3 heteroatoms. The van der Waals surface area contributed by atoms with Gasteiger partial charge in [-0.2, -0.15) is 0 Å². The lowest BCUT2D eigenvalue weighted by atomic mass is 9.55. The van der Waals surface area contributed by atoms with E-state index >= 15 is 0 Å². The van der Waals surface area contributed by atoms with Crippen LogP contribution in [0.5, 0.6) is 5.75 Å². The molecule has 6 atom stereocenters. The number of fused-ring (bicyclic) bond motifs is 5. The van der Waals surface area contributed by atoms with Crippen molar-refractivity contribution in [2.45, 2.75) is 83.0 Å². The normalized spacial score (nSPS) is 42.0. The minimum absolute atomic E-state index is 0.0390. The van der Waals surface area contributed by atoms with E-state index in [1.807, 2.05) is 12.1 Å². The third-order valence-corrected chi connectivity index (χ3v) is 8.08. The van der Waals surface area contributed by atoms with Crippen molar-refractivity contribution in [3.8, 4) is 5.75 Å². The number of phenols is 1. The molecule has 0 radical (unpaired) electrons. The van der Waals surface area contributed by atoms with Crippen LogP contribution < -0.4 is 0 Å². The highest BCUT2D eigenvalue weighted by atomic mass is 16.7. The fourth-order valence-electron chi connectivity index (χ4n) is 6.75. The first kappa shape index (κ1) is 17.1. The SMILES string of the molecule is C[C@]12CC[C@H]3c4ccc(O)cc4CC[C@@H]3[C@@H]1CC[C@@H]2O[C@@H]1CCCCO1. The van der Waals surface area contributed by atoms with Crippen LogP contribution >= 0.6 is 0 Å². The summed E-state index contributed by atoms with van der Waals surface area (Å²) >= 11 is 0. The summed E-state index contributed by atoms with van der Waals surface area (Å²) in [6.45, 7) is 3.37. The van der Waals surface area contributed by atoms with Crippen molar-refractivity contribution in [2.75, 3.05) is 6.61 Å². The molecule has 26 heavy (non-hydrogen) atoms. The van der Waals surface area contributed by atoms with Gasteiger partial charge >= 0.3 is 0 Å². The second-order valence-corrected chi connectivity index (χ2v) is 9.34. The molecule has 4 aliphatic rings. The molecule has 2 saturated carbocycles. The molecule has 3 fully saturated rings. The molecule has 0 spiro atoms. The number of benzene rings is 1. The van der Waals surface area contributed by atoms with Gasteiger partial charge in [0.1, 0.15) is 5.75 Å². The second kappa shape index (κ2) is 6.53. The fourth-order valence-corrected chi connectivity index (χ4v) is 6.75. The summed E-state index contributed by atoms with van der Waals surface area (Å²) in [5.41, 5.74) is 3.22. The van der Waals surface area contributed by atoms with Crippen LogP contribution in [0.2, 0.25) is 0 Å². The Kier molecular flexibility index (Phi) is 4.28. The molecular formula is C23H32O3. The minimum Gasteiger partial charge on any atom is -0.508 e. The van der Waals surface area contributed by atoms with Crippen molar-refractivity contribution in [3.63, 3.8) is 0 Å². The van der Waals surface area contributed by atoms with E-state index in [9.17, 15) is 5.11 Å². The summed E-state index contributed by atoms with van der Waals surface area (Å²) in [6.07, 6.45) is 11.3. The van der Waals surface area contributed by atoms with Gasteiger partial charge in [0.2, 0.25) is 0 Å². The van der Waals surface area contributed by atoms with Crippen LogP contribution in [-0.4, -0.2) is 24.1 Å². The monoisotopic (exact) mass is 356 g/mol. The van der Waals surface area contributed by atoms with Crippen LogP contribution in [0.25, 0.3) is 0 Å². The Hall–Kier alpha value is -1.06. The van der Waals surface area contributed by atoms with Crippen molar-refractivity contribution < 1.29 is 14.6 Å². The van der Waals surface area contributed by atoms with E-state index in [1.165, 1.54) is 56.1 Å². The van der Waals surface area contributed by atoms with Crippen molar-refractivity contribution in [1.29, 1.82) is 0 Å². The Morgan fingerprint density at radius 1 is 1.12 bits per heavy atom. The Balaban J connectivity index is 1.36. The van der Waals surface area contributed by atoms with E-state index in [0.29, 0.717) is 23.2 Å². The highest BCUT2D eigenvalue weighted by molar-refractivity contribution is 5.40. The van der Waals surface area contributed by atoms with Crippen molar-refractivity contribution in [3.05, 3.63) is 29.3 Å². The van der Waals surface area contributed by atoms with Gasteiger partial charge in [-0.25, -0.2) is 0 Å². The summed E-state index contributed by atoms with van der Waals surface area (Å²) in [4.78, 5) is 0. The van der Waals surface area contributed by atoms with Crippen LogP contribution in [0, 0.1) is 17.3 Å². The summed E-state index contributed by atoms with van der Waals surface area (Å²) in [5, 5.41) is 9.84. The van der Waals surface area contributed by atoms with Gasteiger partial charge in [-0.1, -0.05) is 13.0 Å². The Morgan fingerprint density at radius 3 is 2.88 bits per heavy atom. The highest BCUT2D eigenvalue weighted by Gasteiger charge is 2.55. The summed E-state index contributed by atoms with van der Waals surface area (Å²) in [5.74, 6) is 2.66. The van der Waals surface area contributed by atoms with Gasteiger partial charge in [0.15, 0.2) is 6.29 Å². The predicted octanol–water partition coefficient (Wildman–Crippen LogP) is 5.16. The number of hydrogen-bond acceptors (Lipinski definition) is 3. The second-order valence-electron chi connectivity index (χ2n) is 9.34. The molecule has 0 bridgehead atoms. The van der Waals surface area contributed by atoms with Gasteiger partial charge in [0.25, 0.3) is 0 Å². The molecule has 1 saturated heterocycles. The first-order valence-electron chi connectivity index (χ1n) is 10.7. The van der Waals surface area contributed by atoms with Gasteiger partial charge in [-0.15, -0.1) is 0 Å². The quantitative estimate of drug-likeness (QED) is 0.795. The first-order chi connectivity index (χ1) is 12.6. The van der Waals surface area contributed by atoms with Gasteiger partial charge in [-0.05, 0) is 104 Å². The molecule has 3 nitrogen and oxygen atoms in total. The van der Waals surface area contributed by atoms with Crippen molar-refractivity contribution in [1.82, 2.24) is 0 Å². The maximum absolute atomic E-state index is 9.84. The highest BCUT2D eigenvalue weighted by Crippen LogP contribution is 2.61. The van der Waals surface area contributed by atoms with Crippen LogP contribution in [0.1, 0.15) is 75.3 Å². The molecule has 1 aromatic carbocycles. The van der Waals surface area contributed by atoms with E-state index in [2.05, 4.69) is 13.0 Å². The van der Waals surface area contributed by atoms with Gasteiger partial charge in [0.05, 0.1) is 6.10 Å². The Bertz CT molecular complexity index is 665. The molecule has 142 valence electrons. The largest absolute Gasteiger partial charge is 0.508 e. The third-order valence-electron chi connectivity index (χ3n) is 8.08. The molecule has 1 aliphatic heterocycles. The van der Waals surface area contributed by atoms with Crippen molar-refractivity contribution in [2.24, 2.45) is 17.3 Å². The zero-order valence-corrected chi connectivity index (χ0v) is 16.0. The lowest BCUT2D eigenvalue weighted by Gasteiger charge is -2.51. The third kappa shape index (κ3) is 2.70. The van der Waals surface area contributed by atoms with E-state index in [4.69, 9.17) is 9.47 Å². The topological polar surface area (TPSA) is 38.7 Å². The maximum atomic E-state index is 9.84. The van der Waals surface area contributed by atoms with E-state index in [0.717, 1.165) is 31.3 Å². The molecule has 0 amide bonds. The van der Waals surface area contributed by atoms with Crippen LogP contribution in [0.15, 0.2) is 18.2 Å². The zero-order chi connectivity index (χ0) is 17.7. The van der Waals surface area contributed by atoms with Gasteiger partial charge < -0.3 is 14.6 Å². The summed E-state index contributed by atoms with van der Waals surface area (Å²) < 4.78 is 12.4. The molecule has 1 heterocycles. The number of phenolic OH excluding ortho intramolecular Hbond substituents is 1. The Morgan fingerprint density at radius 2 is 2.04 bits per heavy atom. The molecule has 1 N–H and O–H groups in total. The van der Waals surface area contributed by atoms with E-state index in [-0.39, 0.29) is 6.29 Å². The lowest BCUT2D eigenvalue weighted by Crippen LogP contribution is -2.46. The smallest absolute Gasteiger partial charge is 0.157 e. The summed E-state index contributed by atoms with van der Waals surface area (Å²) in [6, 6.07) is 6.08. The zero-order valence-electron chi connectivity index (χ0n) is 16.0. The predicted molar refractivity (Wildman–Crippen MR) is 101 cm³/mol. The molecule has 3 aliphatic carbocycles. The first-order valence-corrected chi connectivity index (χ1v) is 10.7. The van der Waals surface area contributed by atoms with Crippen LogP contribution in [-0.2, 0) is 15.9 Å². The fraction of sp³-hybridized carbons (Fsp3) is 0.739. The Labute approximate surface area is 157 Å². The number of aromatic hydroxyl groups is 1. The summed E-state index contributed by atoms with van der Waals surface area (Å²) in [7, 11) is 0. The average Bonchev–Trinajstić information content (AvgIpc) is 2.98. The number of ether oxygens (including phenoxy) is 2. The lowest BCUT2D eigenvalue weighted by molar-refractivity contribution is -0.212. The van der Waals surface area contributed by atoms with E-state index < -0.39 is 0 Å². The molecule has 1 aromatic rings. The molecular weight excluding hydrogens is 324 g/mol. The van der Waals surface area contributed by atoms with Gasteiger partial charge in [-0.3, -0.25) is 0 Å².